The summed E-state index contributed by atoms with van der Waals surface area (Å²) in [4.78, 5) is 0. The van der Waals surface area contributed by atoms with Gasteiger partial charge in [0.15, 0.2) is 0 Å². The van der Waals surface area contributed by atoms with E-state index in [4.69, 9.17) is 22.2 Å². The Kier molecular flexibility index (Phi) is 6.03. The minimum atomic E-state index is -0.184. The fourth-order valence-electron chi connectivity index (χ4n) is 0.0505. The molecule has 0 aliphatic rings. The lowest BCUT2D eigenvalue weighted by molar-refractivity contribution is 2.10. The number of hydrogen-bond acceptors (Lipinski definition) is 0. The summed E-state index contributed by atoms with van der Waals surface area (Å²) in [5, 5.41) is 0. The zero-order chi connectivity index (χ0) is 4.12. The van der Waals surface area contributed by atoms with E-state index in [1.165, 1.54) is 5.67 Å². The van der Waals surface area contributed by atoms with Crippen LogP contribution < -0.4 is 0 Å². The molecule has 5 heavy (non-hydrogen) atoms. The van der Waals surface area contributed by atoms with E-state index in [9.17, 15) is 0 Å². The Morgan fingerprint density at radius 3 is 1.60 bits per heavy atom. The highest BCUT2D eigenvalue weighted by Crippen LogP contribution is 1.80. The third kappa shape index (κ3) is 5.01. The van der Waals surface area contributed by atoms with Crippen molar-refractivity contribution in [1.29, 1.82) is 0 Å². The van der Waals surface area contributed by atoms with Crippen LogP contribution in [0.5, 0.6) is 0 Å². The van der Waals surface area contributed by atoms with Crippen LogP contribution in [0.25, 0.3) is 0 Å². The summed E-state index contributed by atoms with van der Waals surface area (Å²) in [5.74, 6) is 0. The molecule has 0 saturated heterocycles. The highest BCUT2D eigenvalue weighted by Gasteiger charge is 1.76. The SMILES string of the molecule is Cl[SiH2]C[SiH2]Cl. The lowest BCUT2D eigenvalue weighted by atomic mass is 11.9. The van der Waals surface area contributed by atoms with Crippen LogP contribution in [0.4, 0.5) is 0 Å². The minimum absolute atomic E-state index is 0.184. The second-order valence-electron chi connectivity index (χ2n) is 0.732. The molecule has 0 aliphatic carbocycles. The third-order valence-corrected chi connectivity index (χ3v) is 7.22. The van der Waals surface area contributed by atoms with Gasteiger partial charge in [0.1, 0.15) is 17.7 Å². The Labute approximate surface area is 45.9 Å². The number of halogens is 2. The van der Waals surface area contributed by atoms with E-state index in [0.29, 0.717) is 0 Å². The van der Waals surface area contributed by atoms with Gasteiger partial charge >= 0.3 is 0 Å². The van der Waals surface area contributed by atoms with Crippen LogP contribution in [0.3, 0.4) is 0 Å². The van der Waals surface area contributed by atoms with Gasteiger partial charge in [0.05, 0.1) is 0 Å². The molecule has 0 saturated carbocycles. The van der Waals surface area contributed by atoms with E-state index in [1.807, 2.05) is 0 Å². The Bertz CT molecular complexity index is 15.1. The maximum atomic E-state index is 5.39. The van der Waals surface area contributed by atoms with Gasteiger partial charge in [-0.1, -0.05) is 0 Å². The molecule has 0 spiro atoms. The van der Waals surface area contributed by atoms with E-state index in [0.717, 1.165) is 0 Å². The average Bonchev–Trinajstić information content (AvgIpc) is 1.41. The highest BCUT2D eigenvalue weighted by molar-refractivity contribution is 7.05. The van der Waals surface area contributed by atoms with Crippen molar-refractivity contribution in [1.82, 2.24) is 0 Å². The van der Waals surface area contributed by atoms with Crippen molar-refractivity contribution in [3.05, 3.63) is 0 Å². The summed E-state index contributed by atoms with van der Waals surface area (Å²) in [7, 11) is -0.368. The molecule has 0 aliphatic heterocycles. The van der Waals surface area contributed by atoms with Gasteiger partial charge in [0.2, 0.25) is 0 Å². The third-order valence-electron chi connectivity index (χ3n) is 0.267. The summed E-state index contributed by atoms with van der Waals surface area (Å²) in [6.07, 6.45) is 0. The second kappa shape index (κ2) is 5.01. The summed E-state index contributed by atoms with van der Waals surface area (Å²) in [6.45, 7) is 0. The molecule has 0 nitrogen and oxygen atoms in total. The van der Waals surface area contributed by atoms with Crippen LogP contribution in [0.2, 0.25) is 5.67 Å². The Morgan fingerprint density at radius 1 is 1.20 bits per heavy atom. The number of hydrogen-bond donors (Lipinski definition) is 0. The predicted octanol–water partition coefficient (Wildman–Crippen LogP) is 0.00740. The molecule has 0 atom stereocenters. The molecule has 32 valence electrons. The first-order valence-electron chi connectivity index (χ1n) is 1.53. The second-order valence-corrected chi connectivity index (χ2v) is 6.58. The van der Waals surface area contributed by atoms with Gasteiger partial charge < -0.3 is 0 Å². The van der Waals surface area contributed by atoms with E-state index >= 15 is 0 Å². The van der Waals surface area contributed by atoms with Crippen molar-refractivity contribution in [2.45, 2.75) is 5.67 Å². The van der Waals surface area contributed by atoms with Gasteiger partial charge in [-0.2, -0.15) is 22.2 Å². The normalized spacial score (nSPS) is 13.2. The molecule has 0 radical (unpaired) electrons. The molecule has 0 N–H and O–H groups in total. The van der Waals surface area contributed by atoms with Gasteiger partial charge in [0, 0.05) is 0 Å². The van der Waals surface area contributed by atoms with E-state index < -0.39 is 0 Å². The molecule has 0 aromatic rings. The zero-order valence-corrected chi connectivity index (χ0v) is 7.22. The molecule has 0 unspecified atom stereocenters. The first-order valence-corrected chi connectivity index (χ1v) is 7.81. The predicted molar refractivity (Wildman–Crippen MR) is 33.6 cm³/mol. The van der Waals surface area contributed by atoms with Gasteiger partial charge in [-0.05, 0) is 5.67 Å². The number of rotatable bonds is 2. The molecule has 0 aromatic heterocycles. The first-order chi connectivity index (χ1) is 2.41. The zero-order valence-electron chi connectivity index (χ0n) is 2.88. The quantitative estimate of drug-likeness (QED) is 0.379. The summed E-state index contributed by atoms with van der Waals surface area (Å²) in [5.41, 5.74) is 1.20. The van der Waals surface area contributed by atoms with Crippen LogP contribution in [0.15, 0.2) is 0 Å². The van der Waals surface area contributed by atoms with Crippen molar-refractivity contribution in [3.63, 3.8) is 0 Å². The van der Waals surface area contributed by atoms with Crippen LogP contribution >= 0.6 is 22.2 Å². The first kappa shape index (κ1) is 6.01. The topological polar surface area (TPSA) is 0 Å². The van der Waals surface area contributed by atoms with Crippen molar-refractivity contribution >= 4 is 39.8 Å². The average molecular weight is 145 g/mol. The minimum Gasteiger partial charge on any atom is -0.176 e. The molecular formula is CH6Cl2Si2. The van der Waals surface area contributed by atoms with Crippen LogP contribution in [-0.2, 0) is 0 Å². The highest BCUT2D eigenvalue weighted by atomic mass is 35.6. The van der Waals surface area contributed by atoms with Gasteiger partial charge in [-0.3, -0.25) is 0 Å². The maximum absolute atomic E-state index is 5.39. The molecule has 0 heterocycles. The van der Waals surface area contributed by atoms with E-state index in [-0.39, 0.29) is 17.7 Å². The standard InChI is InChI=1S/CH6Cl2Si2/c2-4-1-5-3/h1,4-5H2. The molecule has 0 aromatic carbocycles. The van der Waals surface area contributed by atoms with Gasteiger partial charge in [-0.15, -0.1) is 0 Å². The summed E-state index contributed by atoms with van der Waals surface area (Å²) >= 11 is 10.8. The van der Waals surface area contributed by atoms with Crippen LogP contribution in [0.1, 0.15) is 0 Å². The lowest BCUT2D eigenvalue weighted by Crippen LogP contribution is -1.78. The fourth-order valence-corrected chi connectivity index (χ4v) is 4.09. The van der Waals surface area contributed by atoms with Crippen molar-refractivity contribution in [2.24, 2.45) is 0 Å². The van der Waals surface area contributed by atoms with Gasteiger partial charge in [0.25, 0.3) is 0 Å². The van der Waals surface area contributed by atoms with E-state index in [2.05, 4.69) is 0 Å². The molecule has 0 amide bonds. The molecule has 0 bridgehead atoms. The van der Waals surface area contributed by atoms with Crippen LogP contribution in [0, 0.1) is 0 Å². The smallest absolute Gasteiger partial charge is 0.123 e. The van der Waals surface area contributed by atoms with Crippen molar-refractivity contribution in [3.8, 4) is 0 Å². The molecule has 0 fully saturated rings. The van der Waals surface area contributed by atoms with E-state index in [1.54, 1.807) is 0 Å². The Balaban J connectivity index is 2.19. The van der Waals surface area contributed by atoms with Gasteiger partial charge in [-0.25, -0.2) is 0 Å². The maximum Gasteiger partial charge on any atom is 0.123 e. The summed E-state index contributed by atoms with van der Waals surface area (Å²) < 4.78 is 0. The Hall–Kier alpha value is 1.01. The van der Waals surface area contributed by atoms with Crippen LogP contribution in [-0.4, -0.2) is 17.7 Å². The monoisotopic (exact) mass is 144 g/mol. The fraction of sp³-hybridized carbons (Fsp3) is 1.00. The molecule has 0 rings (SSSR count). The largest absolute Gasteiger partial charge is 0.176 e. The van der Waals surface area contributed by atoms with Crippen molar-refractivity contribution < 1.29 is 0 Å². The van der Waals surface area contributed by atoms with Crippen molar-refractivity contribution in [2.75, 3.05) is 0 Å². The molecular weight excluding hydrogens is 139 g/mol. The Morgan fingerprint density at radius 2 is 1.60 bits per heavy atom. The lowest BCUT2D eigenvalue weighted by Gasteiger charge is -1.72. The molecule has 4 heteroatoms. The summed E-state index contributed by atoms with van der Waals surface area (Å²) in [6, 6.07) is 0.